The van der Waals surface area contributed by atoms with E-state index in [0.29, 0.717) is 0 Å². The molecule has 0 heterocycles. The molecule has 0 aliphatic heterocycles. The third kappa shape index (κ3) is 19.1. The van der Waals surface area contributed by atoms with Crippen molar-refractivity contribution in [1.82, 2.24) is 0 Å². The molecule has 0 bridgehead atoms. The number of ether oxygens (including phenoxy) is 4. The second-order valence-corrected chi connectivity index (χ2v) is 22.4. The Morgan fingerprint density at radius 2 is 0.611 bits per heavy atom. The van der Waals surface area contributed by atoms with Gasteiger partial charge in [-0.3, -0.25) is 9.98 Å². The highest BCUT2D eigenvalue weighted by molar-refractivity contribution is 6.02. The molecule has 0 aliphatic rings. The molecule has 470 valence electrons. The molecule has 0 saturated carbocycles. The first-order valence-electron chi connectivity index (χ1n) is 31.3. The molecule has 0 unspecified atom stereocenters. The van der Waals surface area contributed by atoms with Crippen LogP contribution in [0.1, 0.15) is 69.5 Å². The summed E-state index contributed by atoms with van der Waals surface area (Å²) in [6.45, 7) is 11.2. The number of aliphatic imine (C=N–C) groups is 4. The summed E-state index contributed by atoms with van der Waals surface area (Å²) in [6.07, 6.45) is 1.68. The quantitative estimate of drug-likeness (QED) is 0.0755. The summed E-state index contributed by atoms with van der Waals surface area (Å²) in [7, 11) is 6.86. The lowest BCUT2D eigenvalue weighted by Gasteiger charge is -2.28. The van der Waals surface area contributed by atoms with Gasteiger partial charge in [-0.15, -0.1) is 0 Å². The SMILES string of the molecule is C=Nc1ccccc1.C=Nc1ccccc1.COc1ccc(-c2ccc(OC)c(Cc3ccccc3)c2)cc1Cc1ccccc1.COc1ccc(C(C)(C)c2ccc(OC)c(C(=C=Nc3ccccc3)c3ccccc3)c2)cc1C(=C=Nc1ccccc1)c1ccccc1. The molecule has 8 nitrogen and oxygen atoms in total. The first kappa shape index (κ1) is 67.5. The Morgan fingerprint density at radius 3 is 0.905 bits per heavy atom. The van der Waals surface area contributed by atoms with E-state index in [9.17, 15) is 0 Å². The Kier molecular flexibility index (Phi) is 24.9. The standard InChI is InChI=1S/C45H38N2O2.C28H26O2.2C7H7N/c1-45(2,35-25-27-43(48-3)39(29-35)41(33-17-9-5-10-18-33)31-46-37-21-13-7-14-22-37)36-26-28-44(49-4)40(30-36)42(34-19-11-6-12-20-34)32-47-38-23-15-8-16-24-38;1-29-27-15-13-23(19-25(27)17-21-9-5-3-6-10-21)24-14-16-28(30-2)26(20-24)18-22-11-7-4-8-12-22;2*1-8-7-5-3-2-4-6-7/h5-30H,1-4H3;3-16,19-20H,17-18H2,1-2H3;2*2-6H,1H2. The molecule has 0 saturated heterocycles. The zero-order valence-electron chi connectivity index (χ0n) is 54.8. The summed E-state index contributed by atoms with van der Waals surface area (Å²) >= 11 is 0. The summed E-state index contributed by atoms with van der Waals surface area (Å²) in [5, 5.41) is 0. The van der Waals surface area contributed by atoms with Crippen LogP contribution in [-0.4, -0.2) is 53.6 Å². The minimum absolute atomic E-state index is 0.418. The molecular formula is C87H78N4O4. The highest BCUT2D eigenvalue weighted by Gasteiger charge is 2.27. The molecule has 8 heteroatoms. The largest absolute Gasteiger partial charge is 0.496 e. The Balaban J connectivity index is 0.000000192. The van der Waals surface area contributed by atoms with Crippen LogP contribution in [0.5, 0.6) is 23.0 Å². The highest BCUT2D eigenvalue weighted by atomic mass is 16.5. The van der Waals surface area contributed by atoms with Crippen molar-refractivity contribution in [2.24, 2.45) is 20.0 Å². The van der Waals surface area contributed by atoms with Crippen LogP contribution in [0.3, 0.4) is 0 Å². The average molecular weight is 1240 g/mol. The topological polar surface area (TPSA) is 86.4 Å². The van der Waals surface area contributed by atoms with Gasteiger partial charge in [0.2, 0.25) is 0 Å². The summed E-state index contributed by atoms with van der Waals surface area (Å²) in [5.74, 6) is 10.1. The third-order valence-corrected chi connectivity index (χ3v) is 15.9. The van der Waals surface area contributed by atoms with Crippen molar-refractivity contribution in [3.05, 3.63) is 371 Å². The van der Waals surface area contributed by atoms with Gasteiger partial charge in [0.15, 0.2) is 0 Å². The number of hydrogen-bond acceptors (Lipinski definition) is 8. The van der Waals surface area contributed by atoms with Gasteiger partial charge in [-0.25, -0.2) is 9.98 Å². The van der Waals surface area contributed by atoms with Gasteiger partial charge in [-0.2, -0.15) is 0 Å². The first-order chi connectivity index (χ1) is 46.6. The molecule has 12 aromatic rings. The van der Waals surface area contributed by atoms with Crippen molar-refractivity contribution < 1.29 is 18.9 Å². The van der Waals surface area contributed by atoms with Crippen molar-refractivity contribution >= 4 is 59.1 Å². The molecule has 0 fully saturated rings. The Hall–Kier alpha value is -11.9. The van der Waals surface area contributed by atoms with Gasteiger partial charge in [0.25, 0.3) is 0 Å². The van der Waals surface area contributed by atoms with E-state index in [1.54, 1.807) is 28.4 Å². The van der Waals surface area contributed by atoms with Crippen molar-refractivity contribution in [1.29, 1.82) is 0 Å². The highest BCUT2D eigenvalue weighted by Crippen LogP contribution is 2.41. The molecule has 0 spiro atoms. The van der Waals surface area contributed by atoms with Crippen molar-refractivity contribution in [2.75, 3.05) is 28.4 Å². The fourth-order valence-corrected chi connectivity index (χ4v) is 10.7. The van der Waals surface area contributed by atoms with E-state index in [2.05, 4.69) is 182 Å². The Bertz CT molecular complexity index is 4220. The van der Waals surface area contributed by atoms with E-state index in [-0.39, 0.29) is 0 Å². The van der Waals surface area contributed by atoms with Gasteiger partial charge < -0.3 is 18.9 Å². The van der Waals surface area contributed by atoms with E-state index < -0.39 is 5.41 Å². The summed E-state index contributed by atoms with van der Waals surface area (Å²) < 4.78 is 23.1. The zero-order valence-corrected chi connectivity index (χ0v) is 54.8. The zero-order chi connectivity index (χ0) is 66.5. The van der Waals surface area contributed by atoms with Crippen LogP contribution in [0.15, 0.2) is 335 Å². The van der Waals surface area contributed by atoms with E-state index in [1.165, 1.54) is 33.4 Å². The fraction of sp³-hybridized carbons (Fsp3) is 0.103. The van der Waals surface area contributed by atoms with Crippen LogP contribution < -0.4 is 18.9 Å². The van der Waals surface area contributed by atoms with Gasteiger partial charge in [0.1, 0.15) is 23.0 Å². The number of benzene rings is 12. The second-order valence-electron chi connectivity index (χ2n) is 22.4. The minimum Gasteiger partial charge on any atom is -0.496 e. The van der Waals surface area contributed by atoms with Crippen LogP contribution in [0.25, 0.3) is 22.3 Å². The number of hydrogen-bond donors (Lipinski definition) is 0. The lowest BCUT2D eigenvalue weighted by Crippen LogP contribution is -2.20. The van der Waals surface area contributed by atoms with E-state index in [0.717, 1.165) is 103 Å². The van der Waals surface area contributed by atoms with Crippen molar-refractivity contribution in [3.63, 3.8) is 0 Å². The normalized spacial score (nSPS) is 10.3. The van der Waals surface area contributed by atoms with Crippen molar-refractivity contribution in [2.45, 2.75) is 32.1 Å². The Labute approximate surface area is 560 Å². The van der Waals surface area contributed by atoms with E-state index >= 15 is 0 Å². The Morgan fingerprint density at radius 1 is 0.326 bits per heavy atom. The van der Waals surface area contributed by atoms with Gasteiger partial charge in [0, 0.05) is 29.4 Å². The van der Waals surface area contributed by atoms with Crippen molar-refractivity contribution in [3.8, 4) is 34.1 Å². The van der Waals surface area contributed by atoms with Gasteiger partial charge in [-0.05, 0) is 178 Å². The average Bonchev–Trinajstić information content (AvgIpc) is 0.784. The number of methoxy groups -OCH3 is 4. The molecule has 12 aromatic carbocycles. The molecule has 0 aliphatic carbocycles. The van der Waals surface area contributed by atoms with E-state index in [1.807, 2.05) is 182 Å². The molecule has 0 atom stereocenters. The molecule has 12 rings (SSSR count). The molecule has 95 heavy (non-hydrogen) atoms. The smallest absolute Gasteiger partial charge is 0.127 e. The van der Waals surface area contributed by atoms with Crippen LogP contribution >= 0.6 is 0 Å². The predicted octanol–water partition coefficient (Wildman–Crippen LogP) is 21.5. The molecule has 0 aromatic heterocycles. The molecular weight excluding hydrogens is 1160 g/mol. The van der Waals surface area contributed by atoms with Gasteiger partial charge in [0.05, 0.1) is 62.3 Å². The van der Waals surface area contributed by atoms with E-state index in [4.69, 9.17) is 28.9 Å². The summed E-state index contributed by atoms with van der Waals surface area (Å²) in [4.78, 5) is 16.9. The third-order valence-electron chi connectivity index (χ3n) is 15.9. The first-order valence-corrected chi connectivity index (χ1v) is 31.3. The number of rotatable bonds is 19. The number of para-hydroxylation sites is 4. The molecule has 0 amide bonds. The van der Waals surface area contributed by atoms with Crippen LogP contribution in [0.4, 0.5) is 22.7 Å². The van der Waals surface area contributed by atoms with Crippen LogP contribution in [0, 0.1) is 0 Å². The maximum Gasteiger partial charge on any atom is 0.127 e. The molecule has 0 radical (unpaired) electrons. The second kappa shape index (κ2) is 35.0. The monoisotopic (exact) mass is 1240 g/mol. The number of nitrogens with zero attached hydrogens (tertiary/aromatic N) is 4. The maximum atomic E-state index is 5.93. The predicted molar refractivity (Wildman–Crippen MR) is 398 cm³/mol. The summed E-state index contributed by atoms with van der Waals surface area (Å²) in [5.41, 5.74) is 18.1. The lowest BCUT2D eigenvalue weighted by atomic mass is 9.76. The van der Waals surface area contributed by atoms with Gasteiger partial charge in [-0.1, -0.05) is 232 Å². The van der Waals surface area contributed by atoms with Crippen LogP contribution in [0.2, 0.25) is 0 Å². The fourth-order valence-electron chi connectivity index (χ4n) is 10.7. The minimum atomic E-state index is -0.418. The lowest BCUT2D eigenvalue weighted by molar-refractivity contribution is 0.410. The maximum absolute atomic E-state index is 5.93. The van der Waals surface area contributed by atoms with Gasteiger partial charge >= 0.3 is 0 Å². The molecule has 0 N–H and O–H groups in total. The van der Waals surface area contributed by atoms with Crippen LogP contribution in [-0.2, 0) is 18.3 Å². The summed E-state index contributed by atoms with van der Waals surface area (Å²) in [6, 6.07) is 106.